The van der Waals surface area contributed by atoms with Crippen LogP contribution >= 0.6 is 0 Å². The first-order valence-electron chi connectivity index (χ1n) is 7.00. The molecule has 0 radical (unpaired) electrons. The number of hydrogen-bond acceptors (Lipinski definition) is 2. The van der Waals surface area contributed by atoms with Crippen LogP contribution in [0.3, 0.4) is 0 Å². The molecule has 3 rings (SSSR count). The van der Waals surface area contributed by atoms with E-state index in [1.807, 2.05) is 0 Å². The van der Waals surface area contributed by atoms with Gasteiger partial charge in [-0.25, -0.2) is 9.97 Å². The van der Waals surface area contributed by atoms with Gasteiger partial charge in [-0.05, 0) is 24.8 Å². The molecule has 19 heavy (non-hydrogen) atoms. The molecule has 2 nitrogen and oxygen atoms in total. The molecule has 1 aromatic heterocycles. The van der Waals surface area contributed by atoms with Gasteiger partial charge in [0.15, 0.2) is 0 Å². The molecular formula is C17H20N2. The summed E-state index contributed by atoms with van der Waals surface area (Å²) in [6.07, 6.45) is 5.12. The molecule has 0 bridgehead atoms. The van der Waals surface area contributed by atoms with E-state index in [0.717, 1.165) is 18.5 Å². The lowest BCUT2D eigenvalue weighted by Crippen LogP contribution is -2.17. The summed E-state index contributed by atoms with van der Waals surface area (Å²) in [6, 6.07) is 8.64. The monoisotopic (exact) mass is 252 g/mol. The number of rotatable bonds is 0. The third-order valence-corrected chi connectivity index (χ3v) is 3.80. The molecular weight excluding hydrogens is 232 g/mol. The van der Waals surface area contributed by atoms with Crippen LogP contribution in [0.5, 0.6) is 0 Å². The predicted octanol–water partition coefficient (Wildman–Crippen LogP) is 3.93. The molecule has 98 valence electrons. The van der Waals surface area contributed by atoms with Crippen molar-refractivity contribution in [3.63, 3.8) is 0 Å². The molecule has 0 spiro atoms. The van der Waals surface area contributed by atoms with E-state index < -0.39 is 0 Å². The molecule has 0 amide bonds. The first-order valence-corrected chi connectivity index (χ1v) is 7.00. The summed E-state index contributed by atoms with van der Waals surface area (Å²) in [6.45, 7) is 6.69. The van der Waals surface area contributed by atoms with Crippen molar-refractivity contribution >= 4 is 0 Å². The summed E-state index contributed by atoms with van der Waals surface area (Å²) in [4.78, 5) is 9.15. The fraction of sp³-hybridized carbons (Fsp3) is 0.412. The minimum atomic E-state index is 0.0757. The summed E-state index contributed by atoms with van der Waals surface area (Å²) in [5, 5.41) is 0. The van der Waals surface area contributed by atoms with Gasteiger partial charge in [0, 0.05) is 16.5 Å². The van der Waals surface area contributed by atoms with Crippen molar-refractivity contribution in [2.75, 3.05) is 0 Å². The maximum atomic E-state index is 4.58. The summed E-state index contributed by atoms with van der Waals surface area (Å²) >= 11 is 0. The van der Waals surface area contributed by atoms with Crippen molar-refractivity contribution in [1.82, 2.24) is 9.97 Å². The minimum Gasteiger partial charge on any atom is -0.241 e. The number of benzene rings is 1. The van der Waals surface area contributed by atoms with E-state index in [1.54, 1.807) is 6.33 Å². The Balaban J connectivity index is 2.27. The number of nitrogens with zero attached hydrogens (tertiary/aromatic N) is 2. The fourth-order valence-electron chi connectivity index (χ4n) is 2.95. The van der Waals surface area contributed by atoms with E-state index in [0.29, 0.717) is 0 Å². The lowest BCUT2D eigenvalue weighted by Gasteiger charge is -2.22. The van der Waals surface area contributed by atoms with Gasteiger partial charge in [-0.15, -0.1) is 0 Å². The highest BCUT2D eigenvalue weighted by molar-refractivity contribution is 5.68. The van der Waals surface area contributed by atoms with Gasteiger partial charge in [-0.1, -0.05) is 45.0 Å². The number of aryl methyl sites for hydroxylation is 1. The lowest BCUT2D eigenvalue weighted by atomic mass is 9.86. The van der Waals surface area contributed by atoms with Crippen LogP contribution in [0, 0.1) is 0 Å². The van der Waals surface area contributed by atoms with Gasteiger partial charge < -0.3 is 0 Å². The van der Waals surface area contributed by atoms with Crippen LogP contribution in [0.25, 0.3) is 11.3 Å². The minimum absolute atomic E-state index is 0.0757. The van der Waals surface area contributed by atoms with E-state index >= 15 is 0 Å². The molecule has 2 aromatic rings. The van der Waals surface area contributed by atoms with Crippen molar-refractivity contribution in [3.8, 4) is 11.3 Å². The van der Waals surface area contributed by atoms with Gasteiger partial charge in [-0.3, -0.25) is 0 Å². The second-order valence-corrected chi connectivity index (χ2v) is 6.31. The molecule has 0 unspecified atom stereocenters. The van der Waals surface area contributed by atoms with Crippen molar-refractivity contribution in [1.29, 1.82) is 0 Å². The van der Waals surface area contributed by atoms with Gasteiger partial charge in [0.2, 0.25) is 0 Å². The molecule has 0 aliphatic heterocycles. The summed E-state index contributed by atoms with van der Waals surface area (Å²) in [7, 11) is 0. The Kier molecular flexibility index (Phi) is 2.89. The van der Waals surface area contributed by atoms with Gasteiger partial charge in [0.1, 0.15) is 6.33 Å². The molecule has 1 heterocycles. The second-order valence-electron chi connectivity index (χ2n) is 6.31. The molecule has 0 atom stereocenters. The lowest BCUT2D eigenvalue weighted by molar-refractivity contribution is 0.557. The third kappa shape index (κ3) is 2.16. The Morgan fingerprint density at radius 3 is 2.58 bits per heavy atom. The molecule has 0 fully saturated rings. The summed E-state index contributed by atoms with van der Waals surface area (Å²) in [5.74, 6) is 0. The molecule has 1 aliphatic carbocycles. The molecule has 1 aromatic carbocycles. The zero-order valence-corrected chi connectivity index (χ0v) is 11.9. The van der Waals surface area contributed by atoms with Gasteiger partial charge >= 0.3 is 0 Å². The van der Waals surface area contributed by atoms with Crippen molar-refractivity contribution in [2.45, 2.75) is 45.4 Å². The molecule has 2 heteroatoms. The Bertz CT molecular complexity index is 609. The molecule has 0 saturated carbocycles. The third-order valence-electron chi connectivity index (χ3n) is 3.80. The van der Waals surface area contributed by atoms with Crippen molar-refractivity contribution < 1.29 is 0 Å². The zero-order chi connectivity index (χ0) is 13.5. The van der Waals surface area contributed by atoms with Gasteiger partial charge in [-0.2, -0.15) is 0 Å². The van der Waals surface area contributed by atoms with Crippen LogP contribution in [0.15, 0.2) is 30.6 Å². The van der Waals surface area contributed by atoms with E-state index in [2.05, 4.69) is 55.0 Å². The SMILES string of the molecule is CC(C)(C)c1ncnc2c1CCCc1ccccc1-2. The number of hydrogen-bond donors (Lipinski definition) is 0. The Morgan fingerprint density at radius 1 is 1.00 bits per heavy atom. The standard InChI is InChI=1S/C17H20N2/c1-17(2,3)16-14-10-6-8-12-7-4-5-9-13(12)15(14)18-11-19-16/h4-5,7,9,11H,6,8,10H2,1-3H3. The predicted molar refractivity (Wildman–Crippen MR) is 78.2 cm³/mol. The van der Waals surface area contributed by atoms with Crippen LogP contribution in [0.4, 0.5) is 0 Å². The Hall–Kier alpha value is -1.70. The molecule has 0 N–H and O–H groups in total. The highest BCUT2D eigenvalue weighted by Gasteiger charge is 2.25. The maximum absolute atomic E-state index is 4.58. The topological polar surface area (TPSA) is 25.8 Å². The first-order chi connectivity index (χ1) is 9.07. The normalized spacial score (nSPS) is 14.5. The summed E-state index contributed by atoms with van der Waals surface area (Å²) in [5.41, 5.74) is 6.48. The molecule has 0 saturated heterocycles. The number of fused-ring (bicyclic) bond motifs is 3. The van der Waals surface area contributed by atoms with Gasteiger partial charge in [0.05, 0.1) is 11.4 Å². The maximum Gasteiger partial charge on any atom is 0.116 e. The Labute approximate surface area is 114 Å². The second kappa shape index (κ2) is 4.44. The quantitative estimate of drug-likeness (QED) is 0.710. The van der Waals surface area contributed by atoms with E-state index in [4.69, 9.17) is 0 Å². The highest BCUT2D eigenvalue weighted by Crippen LogP contribution is 2.35. The van der Waals surface area contributed by atoms with Gasteiger partial charge in [0.25, 0.3) is 0 Å². The van der Waals surface area contributed by atoms with E-state index in [1.165, 1.54) is 28.8 Å². The van der Waals surface area contributed by atoms with E-state index in [9.17, 15) is 0 Å². The van der Waals surface area contributed by atoms with Crippen molar-refractivity contribution in [3.05, 3.63) is 47.4 Å². The van der Waals surface area contributed by atoms with E-state index in [-0.39, 0.29) is 5.41 Å². The largest absolute Gasteiger partial charge is 0.241 e. The Morgan fingerprint density at radius 2 is 1.79 bits per heavy atom. The molecule has 1 aliphatic rings. The fourth-order valence-corrected chi connectivity index (χ4v) is 2.95. The average Bonchev–Trinajstić information content (AvgIpc) is 2.56. The van der Waals surface area contributed by atoms with Crippen LogP contribution in [0.2, 0.25) is 0 Å². The zero-order valence-electron chi connectivity index (χ0n) is 11.9. The van der Waals surface area contributed by atoms with Crippen LogP contribution in [-0.4, -0.2) is 9.97 Å². The summed E-state index contributed by atoms with van der Waals surface area (Å²) < 4.78 is 0. The average molecular weight is 252 g/mol. The highest BCUT2D eigenvalue weighted by atomic mass is 14.9. The van der Waals surface area contributed by atoms with Crippen molar-refractivity contribution in [2.24, 2.45) is 0 Å². The van der Waals surface area contributed by atoms with Crippen LogP contribution in [-0.2, 0) is 18.3 Å². The van der Waals surface area contributed by atoms with Crippen LogP contribution < -0.4 is 0 Å². The number of aromatic nitrogens is 2. The smallest absolute Gasteiger partial charge is 0.116 e. The van der Waals surface area contributed by atoms with Crippen LogP contribution in [0.1, 0.15) is 44.0 Å². The first kappa shape index (κ1) is 12.3.